The maximum absolute atomic E-state index is 12.6. The molecule has 28 heavy (non-hydrogen) atoms. The van der Waals surface area contributed by atoms with E-state index in [0.29, 0.717) is 44.9 Å². The largest absolute Gasteiger partial charge is 0.324 e. The van der Waals surface area contributed by atoms with E-state index in [1.165, 1.54) is 0 Å². The van der Waals surface area contributed by atoms with E-state index in [0.717, 1.165) is 6.42 Å². The summed E-state index contributed by atoms with van der Waals surface area (Å²) in [5.41, 5.74) is 25.0. The van der Waals surface area contributed by atoms with Gasteiger partial charge in [-0.15, -0.1) is 0 Å². The Labute approximate surface area is 168 Å². The molecule has 158 valence electrons. The second-order valence-electron chi connectivity index (χ2n) is 11.3. The molecule has 0 aromatic rings. The standard InChI is InChI=1S/C22H38N4O2/c1-13-11-22(26)17(3,16(13)14(2)27)7-9-20(24)18(4)6-5-15(28)12-19(18,23)8-10-21(20,22)25/h13,16H,5-12,23-26H2,1-4H3/t13-,16-,17-,18+,19-,20+,21+,22+/m1/s1. The second kappa shape index (κ2) is 5.45. The quantitative estimate of drug-likeness (QED) is 0.533. The van der Waals surface area contributed by atoms with Crippen molar-refractivity contribution >= 4 is 11.6 Å². The molecule has 0 aromatic carbocycles. The summed E-state index contributed by atoms with van der Waals surface area (Å²) in [4.78, 5) is 24.8. The highest BCUT2D eigenvalue weighted by molar-refractivity contribution is 5.82. The number of carbonyl (C=O) groups is 2. The SMILES string of the molecule is CC(=O)[C@H]1[C@H](C)C[C@@]2(N)[C@]3(N)CC[C@@]4(N)CC(=O)CC[C@]4(C)[C@@]3(N)CC[C@]12C. The van der Waals surface area contributed by atoms with Gasteiger partial charge < -0.3 is 22.9 Å². The van der Waals surface area contributed by atoms with Crippen LogP contribution >= 0.6 is 0 Å². The van der Waals surface area contributed by atoms with Crippen LogP contribution in [0.4, 0.5) is 0 Å². The fraction of sp³-hybridized carbons (Fsp3) is 0.909. The van der Waals surface area contributed by atoms with E-state index < -0.39 is 27.6 Å². The minimum atomic E-state index is -0.816. The molecular weight excluding hydrogens is 352 g/mol. The smallest absolute Gasteiger partial charge is 0.134 e. The van der Waals surface area contributed by atoms with Crippen molar-refractivity contribution in [3.05, 3.63) is 0 Å². The first-order valence-electron chi connectivity index (χ1n) is 10.9. The van der Waals surface area contributed by atoms with Crippen molar-refractivity contribution in [2.75, 3.05) is 0 Å². The third-order valence-corrected chi connectivity index (χ3v) is 10.5. The molecule has 4 aliphatic rings. The molecule has 4 aliphatic carbocycles. The molecule has 0 radical (unpaired) electrons. The van der Waals surface area contributed by atoms with E-state index in [9.17, 15) is 9.59 Å². The maximum Gasteiger partial charge on any atom is 0.134 e. The van der Waals surface area contributed by atoms with Crippen LogP contribution in [-0.4, -0.2) is 33.7 Å². The van der Waals surface area contributed by atoms with Gasteiger partial charge in [0.15, 0.2) is 0 Å². The summed E-state index contributed by atoms with van der Waals surface area (Å²) >= 11 is 0. The van der Waals surface area contributed by atoms with E-state index in [1.807, 2.05) is 0 Å². The van der Waals surface area contributed by atoms with E-state index in [2.05, 4.69) is 20.8 Å². The van der Waals surface area contributed by atoms with Gasteiger partial charge in [-0.1, -0.05) is 20.8 Å². The molecule has 0 aliphatic heterocycles. The predicted molar refractivity (Wildman–Crippen MR) is 109 cm³/mol. The Balaban J connectivity index is 1.88. The summed E-state index contributed by atoms with van der Waals surface area (Å²) in [6.07, 6.45) is 4.97. The summed E-state index contributed by atoms with van der Waals surface area (Å²) in [7, 11) is 0. The molecule has 6 nitrogen and oxygen atoms in total. The van der Waals surface area contributed by atoms with Gasteiger partial charge in [-0.05, 0) is 56.8 Å². The Kier molecular flexibility index (Phi) is 3.98. The number of Topliss-reactive ketones (excluding diaryl/α,β-unsaturated/α-hetero) is 2. The monoisotopic (exact) mass is 390 g/mol. The van der Waals surface area contributed by atoms with Crippen LogP contribution in [0.3, 0.4) is 0 Å². The van der Waals surface area contributed by atoms with Crippen molar-refractivity contribution in [2.24, 2.45) is 45.6 Å². The Morgan fingerprint density at radius 2 is 1.54 bits per heavy atom. The summed E-state index contributed by atoms with van der Waals surface area (Å²) < 4.78 is 0. The molecule has 0 spiro atoms. The molecule has 4 rings (SSSR count). The molecule has 8 N–H and O–H groups in total. The van der Waals surface area contributed by atoms with Gasteiger partial charge in [-0.25, -0.2) is 0 Å². The van der Waals surface area contributed by atoms with Gasteiger partial charge in [-0.2, -0.15) is 0 Å². The average molecular weight is 391 g/mol. The average Bonchev–Trinajstić information content (AvgIpc) is 2.80. The van der Waals surface area contributed by atoms with Gasteiger partial charge in [0.1, 0.15) is 11.6 Å². The Bertz CT molecular complexity index is 757. The third kappa shape index (κ3) is 1.89. The zero-order chi connectivity index (χ0) is 21.0. The van der Waals surface area contributed by atoms with Crippen LogP contribution in [0.2, 0.25) is 0 Å². The number of nitrogens with two attached hydrogens (primary N) is 4. The molecule has 4 saturated carbocycles. The zero-order valence-electron chi connectivity index (χ0n) is 17.9. The Hall–Kier alpha value is -0.820. The van der Waals surface area contributed by atoms with E-state index in [-0.39, 0.29) is 28.8 Å². The summed E-state index contributed by atoms with van der Waals surface area (Å²) in [5, 5.41) is 0. The Morgan fingerprint density at radius 3 is 2.14 bits per heavy atom. The van der Waals surface area contributed by atoms with Crippen molar-refractivity contribution in [3.63, 3.8) is 0 Å². The highest BCUT2D eigenvalue weighted by Crippen LogP contribution is 2.70. The van der Waals surface area contributed by atoms with Gasteiger partial charge in [0.25, 0.3) is 0 Å². The first kappa shape index (κ1) is 20.5. The van der Waals surface area contributed by atoms with Crippen LogP contribution in [-0.2, 0) is 9.59 Å². The molecule has 0 amide bonds. The molecule has 6 heteroatoms. The van der Waals surface area contributed by atoms with Crippen LogP contribution in [0.1, 0.15) is 79.1 Å². The topological polar surface area (TPSA) is 138 Å². The van der Waals surface area contributed by atoms with Gasteiger partial charge in [-0.3, -0.25) is 9.59 Å². The lowest BCUT2D eigenvalue weighted by atomic mass is 9.35. The van der Waals surface area contributed by atoms with Gasteiger partial charge in [0, 0.05) is 40.8 Å². The molecule has 4 fully saturated rings. The van der Waals surface area contributed by atoms with Crippen molar-refractivity contribution in [1.82, 2.24) is 0 Å². The molecule has 8 atom stereocenters. The first-order valence-corrected chi connectivity index (χ1v) is 10.9. The Morgan fingerprint density at radius 1 is 0.929 bits per heavy atom. The normalized spacial score (nSPS) is 58.6. The van der Waals surface area contributed by atoms with Crippen LogP contribution < -0.4 is 22.9 Å². The van der Waals surface area contributed by atoms with E-state index in [1.54, 1.807) is 6.92 Å². The number of rotatable bonds is 1. The molecule has 0 unspecified atom stereocenters. The third-order valence-electron chi connectivity index (χ3n) is 10.5. The van der Waals surface area contributed by atoms with E-state index >= 15 is 0 Å². The molecular formula is C22H38N4O2. The highest BCUT2D eigenvalue weighted by atomic mass is 16.1. The summed E-state index contributed by atoms with van der Waals surface area (Å²) in [5.74, 6) is 0.518. The second-order valence-corrected chi connectivity index (χ2v) is 11.3. The number of hydrogen-bond donors (Lipinski definition) is 4. The van der Waals surface area contributed by atoms with Crippen LogP contribution in [0.5, 0.6) is 0 Å². The van der Waals surface area contributed by atoms with Crippen molar-refractivity contribution in [1.29, 1.82) is 0 Å². The summed E-state index contributed by atoms with van der Waals surface area (Å²) in [6.45, 7) is 8.12. The lowest BCUT2D eigenvalue weighted by Gasteiger charge is -2.75. The van der Waals surface area contributed by atoms with Gasteiger partial charge in [0.2, 0.25) is 0 Å². The van der Waals surface area contributed by atoms with Crippen LogP contribution in [0.25, 0.3) is 0 Å². The fourth-order valence-corrected chi connectivity index (χ4v) is 8.70. The van der Waals surface area contributed by atoms with Crippen molar-refractivity contribution < 1.29 is 9.59 Å². The van der Waals surface area contributed by atoms with Crippen LogP contribution in [0, 0.1) is 22.7 Å². The van der Waals surface area contributed by atoms with Crippen LogP contribution in [0.15, 0.2) is 0 Å². The number of hydrogen-bond acceptors (Lipinski definition) is 6. The van der Waals surface area contributed by atoms with Crippen molar-refractivity contribution in [3.8, 4) is 0 Å². The molecule has 0 saturated heterocycles. The lowest BCUT2D eigenvalue weighted by molar-refractivity contribution is -0.169. The number of carbonyl (C=O) groups excluding carboxylic acids is 2. The zero-order valence-corrected chi connectivity index (χ0v) is 17.9. The summed E-state index contributed by atoms with van der Waals surface area (Å²) in [6, 6.07) is 0. The number of fused-ring (bicyclic) bond motifs is 5. The molecule has 0 bridgehead atoms. The fourth-order valence-electron chi connectivity index (χ4n) is 8.70. The minimum absolute atomic E-state index is 0.0900. The first-order chi connectivity index (χ1) is 12.7. The number of ketones is 2. The molecule has 0 aromatic heterocycles. The molecule has 0 heterocycles. The van der Waals surface area contributed by atoms with Gasteiger partial charge >= 0.3 is 0 Å². The van der Waals surface area contributed by atoms with Crippen molar-refractivity contribution in [2.45, 2.75) is 101 Å². The lowest BCUT2D eigenvalue weighted by Crippen LogP contribution is -2.92. The predicted octanol–water partition coefficient (Wildman–Crippen LogP) is 1.37. The highest BCUT2D eigenvalue weighted by Gasteiger charge is 2.79. The van der Waals surface area contributed by atoms with E-state index in [4.69, 9.17) is 22.9 Å². The van der Waals surface area contributed by atoms with Gasteiger partial charge in [0.05, 0.1) is 5.54 Å². The minimum Gasteiger partial charge on any atom is -0.324 e. The maximum atomic E-state index is 12.6.